The summed E-state index contributed by atoms with van der Waals surface area (Å²) in [5.41, 5.74) is 1.45. The molecule has 1 nitrogen and oxygen atoms in total. The van der Waals surface area contributed by atoms with E-state index in [1.165, 1.54) is 20.7 Å². The summed E-state index contributed by atoms with van der Waals surface area (Å²) < 4.78 is 1.40. The maximum atomic E-state index is 2.29. The molecule has 0 aliphatic heterocycles. The number of nitrogens with zero attached hydrogens (tertiary/aromatic N) is 1. The molecule has 0 unspecified atom stereocenters. The standard InChI is InChI=1S/C12H15NS/c1-4-9-6-5-7-11-10(9)8-12(14-11)13(2)3/h5-8H,4H2,1-3H3. The van der Waals surface area contributed by atoms with Gasteiger partial charge in [0.25, 0.3) is 0 Å². The van der Waals surface area contributed by atoms with E-state index in [9.17, 15) is 0 Å². The summed E-state index contributed by atoms with van der Waals surface area (Å²) in [4.78, 5) is 2.17. The van der Waals surface area contributed by atoms with Crippen LogP contribution in [0.15, 0.2) is 24.3 Å². The van der Waals surface area contributed by atoms with Gasteiger partial charge in [-0.3, -0.25) is 0 Å². The molecule has 0 saturated heterocycles. The number of thiophene rings is 1. The van der Waals surface area contributed by atoms with Crippen molar-refractivity contribution in [3.63, 3.8) is 0 Å². The fourth-order valence-electron chi connectivity index (χ4n) is 1.64. The molecule has 2 aromatic rings. The van der Waals surface area contributed by atoms with Crippen molar-refractivity contribution in [1.82, 2.24) is 0 Å². The highest BCUT2D eigenvalue weighted by molar-refractivity contribution is 7.22. The van der Waals surface area contributed by atoms with Gasteiger partial charge < -0.3 is 4.90 Å². The molecule has 2 rings (SSSR count). The Kier molecular flexibility index (Phi) is 2.46. The molecule has 0 amide bonds. The van der Waals surface area contributed by atoms with Gasteiger partial charge in [0.05, 0.1) is 5.00 Å². The number of hydrogen-bond acceptors (Lipinski definition) is 2. The first-order valence-electron chi connectivity index (χ1n) is 4.91. The monoisotopic (exact) mass is 205 g/mol. The van der Waals surface area contributed by atoms with Gasteiger partial charge in [0.15, 0.2) is 0 Å². The highest BCUT2D eigenvalue weighted by atomic mass is 32.1. The van der Waals surface area contributed by atoms with Crippen molar-refractivity contribution in [1.29, 1.82) is 0 Å². The second-order valence-corrected chi connectivity index (χ2v) is 4.72. The molecule has 1 heterocycles. The molecule has 1 aromatic heterocycles. The molecule has 0 bridgehead atoms. The van der Waals surface area contributed by atoms with Crippen molar-refractivity contribution in [2.24, 2.45) is 0 Å². The Labute approximate surface area is 89.0 Å². The van der Waals surface area contributed by atoms with Gasteiger partial charge in [0, 0.05) is 18.8 Å². The van der Waals surface area contributed by atoms with Gasteiger partial charge in [0.2, 0.25) is 0 Å². The first-order valence-corrected chi connectivity index (χ1v) is 5.72. The largest absolute Gasteiger partial charge is 0.370 e. The van der Waals surface area contributed by atoms with Crippen molar-refractivity contribution in [3.05, 3.63) is 29.8 Å². The van der Waals surface area contributed by atoms with Gasteiger partial charge in [-0.05, 0) is 29.5 Å². The van der Waals surface area contributed by atoms with Gasteiger partial charge >= 0.3 is 0 Å². The number of anilines is 1. The Balaban J connectivity index is 2.64. The first-order chi connectivity index (χ1) is 6.72. The second-order valence-electron chi connectivity index (χ2n) is 3.66. The zero-order valence-corrected chi connectivity index (χ0v) is 9.69. The summed E-state index contributed by atoms with van der Waals surface area (Å²) in [6.07, 6.45) is 1.11. The van der Waals surface area contributed by atoms with E-state index in [4.69, 9.17) is 0 Å². The van der Waals surface area contributed by atoms with Gasteiger partial charge in [-0.15, -0.1) is 11.3 Å². The third kappa shape index (κ3) is 1.50. The van der Waals surface area contributed by atoms with Gasteiger partial charge in [0.1, 0.15) is 0 Å². The average Bonchev–Trinajstić information content (AvgIpc) is 2.60. The lowest BCUT2D eigenvalue weighted by Gasteiger charge is -2.06. The molecule has 0 aliphatic carbocycles. The lowest BCUT2D eigenvalue weighted by Crippen LogP contribution is -2.05. The molecule has 1 aromatic carbocycles. The van der Waals surface area contributed by atoms with E-state index in [2.05, 4.69) is 50.2 Å². The molecule has 0 fully saturated rings. The highest BCUT2D eigenvalue weighted by Gasteiger charge is 2.05. The normalized spacial score (nSPS) is 10.8. The van der Waals surface area contributed by atoms with Gasteiger partial charge in [-0.25, -0.2) is 0 Å². The summed E-state index contributed by atoms with van der Waals surface area (Å²) in [5, 5.41) is 2.75. The number of hydrogen-bond donors (Lipinski definition) is 0. The molecular weight excluding hydrogens is 190 g/mol. The minimum atomic E-state index is 1.11. The molecule has 2 heteroatoms. The van der Waals surface area contributed by atoms with E-state index in [-0.39, 0.29) is 0 Å². The van der Waals surface area contributed by atoms with Crippen molar-refractivity contribution in [2.75, 3.05) is 19.0 Å². The van der Waals surface area contributed by atoms with Crippen LogP contribution >= 0.6 is 11.3 Å². The van der Waals surface area contributed by atoms with Crippen LogP contribution in [-0.4, -0.2) is 14.1 Å². The van der Waals surface area contributed by atoms with Crippen LogP contribution in [0.3, 0.4) is 0 Å². The topological polar surface area (TPSA) is 3.24 Å². The third-order valence-electron chi connectivity index (χ3n) is 2.46. The van der Waals surface area contributed by atoms with Crippen LogP contribution in [0.2, 0.25) is 0 Å². The molecule has 74 valence electrons. The van der Waals surface area contributed by atoms with Crippen LogP contribution in [0.25, 0.3) is 10.1 Å². The maximum absolute atomic E-state index is 2.29. The van der Waals surface area contributed by atoms with Gasteiger partial charge in [-0.2, -0.15) is 0 Å². The van der Waals surface area contributed by atoms with E-state index in [0.717, 1.165) is 6.42 Å². The lowest BCUT2D eigenvalue weighted by atomic mass is 10.1. The molecule has 0 spiro atoms. The molecule has 0 aliphatic rings. The van der Waals surface area contributed by atoms with E-state index in [1.54, 1.807) is 0 Å². The Hall–Kier alpha value is -1.02. The number of rotatable bonds is 2. The Morgan fingerprint density at radius 3 is 2.71 bits per heavy atom. The Morgan fingerprint density at radius 2 is 2.07 bits per heavy atom. The van der Waals surface area contributed by atoms with Crippen molar-refractivity contribution >= 4 is 26.4 Å². The van der Waals surface area contributed by atoms with Crippen LogP contribution in [0, 0.1) is 0 Å². The molecule has 14 heavy (non-hydrogen) atoms. The third-order valence-corrected chi connectivity index (χ3v) is 3.73. The summed E-state index contributed by atoms with van der Waals surface area (Å²) in [7, 11) is 4.19. The van der Waals surface area contributed by atoms with Crippen LogP contribution < -0.4 is 4.90 Å². The van der Waals surface area contributed by atoms with E-state index in [0.29, 0.717) is 0 Å². The van der Waals surface area contributed by atoms with E-state index >= 15 is 0 Å². The number of fused-ring (bicyclic) bond motifs is 1. The molecule has 0 saturated carbocycles. The highest BCUT2D eigenvalue weighted by Crippen LogP contribution is 2.33. The minimum Gasteiger partial charge on any atom is -0.370 e. The quantitative estimate of drug-likeness (QED) is 0.725. The summed E-state index contributed by atoms with van der Waals surface area (Å²) >= 11 is 1.86. The van der Waals surface area contributed by atoms with Crippen LogP contribution in [-0.2, 0) is 6.42 Å². The first kappa shape index (κ1) is 9.53. The number of benzene rings is 1. The predicted molar refractivity (Wildman–Crippen MR) is 65.5 cm³/mol. The minimum absolute atomic E-state index is 1.11. The van der Waals surface area contributed by atoms with Crippen LogP contribution in [0.4, 0.5) is 5.00 Å². The van der Waals surface area contributed by atoms with Crippen molar-refractivity contribution in [3.8, 4) is 0 Å². The molecule has 0 N–H and O–H groups in total. The SMILES string of the molecule is CCc1cccc2sc(N(C)C)cc12. The number of aryl methyl sites for hydroxylation is 1. The van der Waals surface area contributed by atoms with Crippen LogP contribution in [0.1, 0.15) is 12.5 Å². The molecule has 0 radical (unpaired) electrons. The zero-order chi connectivity index (χ0) is 10.1. The van der Waals surface area contributed by atoms with E-state index < -0.39 is 0 Å². The molecule has 0 atom stereocenters. The fraction of sp³-hybridized carbons (Fsp3) is 0.333. The fourth-order valence-corrected chi connectivity index (χ4v) is 2.67. The zero-order valence-electron chi connectivity index (χ0n) is 8.87. The Bertz CT molecular complexity index is 443. The molecular formula is C12H15NS. The van der Waals surface area contributed by atoms with Crippen molar-refractivity contribution < 1.29 is 0 Å². The summed E-state index contributed by atoms with van der Waals surface area (Å²) in [5.74, 6) is 0. The lowest BCUT2D eigenvalue weighted by molar-refractivity contribution is 1.15. The Morgan fingerprint density at radius 1 is 1.29 bits per heavy atom. The summed E-state index contributed by atoms with van der Waals surface area (Å²) in [6, 6.07) is 8.86. The summed E-state index contributed by atoms with van der Waals surface area (Å²) in [6.45, 7) is 2.21. The van der Waals surface area contributed by atoms with E-state index in [1.807, 2.05) is 11.3 Å². The van der Waals surface area contributed by atoms with Crippen LogP contribution in [0.5, 0.6) is 0 Å². The van der Waals surface area contributed by atoms with Crippen molar-refractivity contribution in [2.45, 2.75) is 13.3 Å². The van der Waals surface area contributed by atoms with Gasteiger partial charge in [-0.1, -0.05) is 19.1 Å². The maximum Gasteiger partial charge on any atom is 0.0915 e. The second kappa shape index (κ2) is 3.62. The predicted octanol–water partition coefficient (Wildman–Crippen LogP) is 3.53. The smallest absolute Gasteiger partial charge is 0.0915 e. The average molecular weight is 205 g/mol.